The van der Waals surface area contributed by atoms with Crippen molar-refractivity contribution in [1.29, 1.82) is 0 Å². The maximum atomic E-state index is 11.9. The molecule has 0 bridgehead atoms. The van der Waals surface area contributed by atoms with Gasteiger partial charge < -0.3 is 15.0 Å². The zero-order valence-corrected chi connectivity index (χ0v) is 14.9. The van der Waals surface area contributed by atoms with Gasteiger partial charge in [-0.1, -0.05) is 44.9 Å². The maximum absolute atomic E-state index is 11.9. The summed E-state index contributed by atoms with van der Waals surface area (Å²) in [6, 6.07) is 8.49. The number of aryl methyl sites for hydroxylation is 1. The minimum absolute atomic E-state index is 0.433. The Morgan fingerprint density at radius 3 is 2.75 bits per heavy atom. The van der Waals surface area contributed by atoms with Crippen LogP contribution in [-0.4, -0.2) is 21.7 Å². The largest absolute Gasteiger partial charge is 0.477 e. The molecule has 1 heterocycles. The van der Waals surface area contributed by atoms with Gasteiger partial charge in [0.25, 0.3) is 0 Å². The van der Waals surface area contributed by atoms with Gasteiger partial charge in [-0.25, -0.2) is 4.79 Å². The smallest absolute Gasteiger partial charge is 0.352 e. The number of carbonyl (C=O) groups is 1. The fourth-order valence-electron chi connectivity index (χ4n) is 4.23. The lowest BCUT2D eigenvalue weighted by molar-refractivity contribution is 0.0684. The van der Waals surface area contributed by atoms with E-state index in [2.05, 4.69) is 19.2 Å². The van der Waals surface area contributed by atoms with Gasteiger partial charge >= 0.3 is 5.97 Å². The van der Waals surface area contributed by atoms with E-state index < -0.39 is 5.97 Å². The number of aromatic nitrogens is 1. The fourth-order valence-corrected chi connectivity index (χ4v) is 4.23. The predicted octanol–water partition coefficient (Wildman–Crippen LogP) is 4.27. The van der Waals surface area contributed by atoms with Crippen LogP contribution < -0.4 is 5.32 Å². The molecule has 0 aliphatic heterocycles. The summed E-state index contributed by atoms with van der Waals surface area (Å²) in [5.41, 5.74) is 2.37. The first-order chi connectivity index (χ1) is 11.5. The van der Waals surface area contributed by atoms with Crippen molar-refractivity contribution in [2.24, 2.45) is 11.8 Å². The summed E-state index contributed by atoms with van der Waals surface area (Å²) in [7, 11) is 0. The van der Waals surface area contributed by atoms with Crippen molar-refractivity contribution in [1.82, 2.24) is 9.88 Å². The van der Waals surface area contributed by atoms with Crippen molar-refractivity contribution >= 4 is 16.9 Å². The summed E-state index contributed by atoms with van der Waals surface area (Å²) in [5.74, 6) is 0.522. The first kappa shape index (κ1) is 17.0. The molecule has 0 unspecified atom stereocenters. The number of benzene rings is 1. The average Bonchev–Trinajstić information content (AvgIpc) is 2.90. The Hall–Kier alpha value is -1.81. The van der Waals surface area contributed by atoms with Crippen LogP contribution in [0.2, 0.25) is 0 Å². The molecule has 4 heteroatoms. The predicted molar refractivity (Wildman–Crippen MR) is 97.4 cm³/mol. The van der Waals surface area contributed by atoms with Gasteiger partial charge in [0.15, 0.2) is 0 Å². The van der Waals surface area contributed by atoms with Crippen molar-refractivity contribution < 1.29 is 9.90 Å². The number of carboxylic acid groups (broad SMARTS) is 1. The minimum Gasteiger partial charge on any atom is -0.477 e. The number of para-hydroxylation sites is 1. The molecule has 1 aliphatic rings. The van der Waals surface area contributed by atoms with Crippen LogP contribution >= 0.6 is 0 Å². The molecule has 4 nitrogen and oxygen atoms in total. The van der Waals surface area contributed by atoms with Gasteiger partial charge in [0, 0.05) is 35.6 Å². The molecule has 130 valence electrons. The van der Waals surface area contributed by atoms with E-state index in [9.17, 15) is 9.90 Å². The second-order valence-corrected chi connectivity index (χ2v) is 7.15. The van der Waals surface area contributed by atoms with E-state index >= 15 is 0 Å². The Labute approximate surface area is 143 Å². The third-order valence-corrected chi connectivity index (χ3v) is 5.84. The van der Waals surface area contributed by atoms with E-state index in [1.165, 1.54) is 19.3 Å². The van der Waals surface area contributed by atoms with Crippen LogP contribution in [0.3, 0.4) is 0 Å². The van der Waals surface area contributed by atoms with E-state index in [4.69, 9.17) is 0 Å². The summed E-state index contributed by atoms with van der Waals surface area (Å²) in [4.78, 5) is 11.9. The van der Waals surface area contributed by atoms with Crippen LogP contribution in [-0.2, 0) is 13.1 Å². The van der Waals surface area contributed by atoms with Crippen molar-refractivity contribution in [3.63, 3.8) is 0 Å². The molecule has 0 radical (unpaired) electrons. The van der Waals surface area contributed by atoms with Gasteiger partial charge in [-0.15, -0.1) is 0 Å². The number of rotatable bonds is 5. The highest BCUT2D eigenvalue weighted by Gasteiger charge is 2.28. The molecule has 24 heavy (non-hydrogen) atoms. The molecule has 1 aromatic heterocycles. The van der Waals surface area contributed by atoms with Crippen LogP contribution in [0, 0.1) is 11.8 Å². The molecule has 3 atom stereocenters. The Bertz CT molecular complexity index is 735. The quantitative estimate of drug-likeness (QED) is 0.861. The molecule has 0 amide bonds. The standard InChI is InChI=1S/C20H28N2O2/c1-4-22-18-11-6-5-9-15(18)16(19(22)20(23)24)12-21-17-10-7-8-13(2)14(17)3/h5-6,9,11,13-14,17,21H,4,7-8,10,12H2,1-3H3,(H,23,24)/t13-,14+,17+/m0/s1. The van der Waals surface area contributed by atoms with Gasteiger partial charge in [-0.3, -0.25) is 0 Å². The molecule has 1 saturated carbocycles. The monoisotopic (exact) mass is 328 g/mol. The van der Waals surface area contributed by atoms with Crippen LogP contribution in [0.15, 0.2) is 24.3 Å². The zero-order valence-electron chi connectivity index (χ0n) is 14.9. The molecule has 0 saturated heterocycles. The number of hydrogen-bond donors (Lipinski definition) is 2. The number of aromatic carboxylic acids is 1. The van der Waals surface area contributed by atoms with Crippen molar-refractivity contribution in [2.75, 3.05) is 0 Å². The maximum Gasteiger partial charge on any atom is 0.352 e. The molecule has 0 spiro atoms. The van der Waals surface area contributed by atoms with E-state index in [0.717, 1.165) is 22.4 Å². The van der Waals surface area contributed by atoms with Gasteiger partial charge in [0.05, 0.1) is 0 Å². The Kier molecular flexibility index (Phi) is 4.95. The molecule has 2 aromatic rings. The molecular formula is C20H28N2O2. The molecule has 1 aliphatic carbocycles. The first-order valence-electron chi connectivity index (χ1n) is 9.11. The van der Waals surface area contributed by atoms with Crippen molar-refractivity contribution in [3.8, 4) is 0 Å². The Morgan fingerprint density at radius 2 is 2.04 bits per heavy atom. The van der Waals surface area contributed by atoms with E-state index in [0.29, 0.717) is 30.7 Å². The van der Waals surface area contributed by atoms with Gasteiger partial charge in [-0.05, 0) is 31.2 Å². The number of fused-ring (bicyclic) bond motifs is 1. The summed E-state index contributed by atoms with van der Waals surface area (Å²) in [6.45, 7) is 7.93. The van der Waals surface area contributed by atoms with Crippen LogP contribution in [0.1, 0.15) is 56.1 Å². The second-order valence-electron chi connectivity index (χ2n) is 7.15. The summed E-state index contributed by atoms with van der Waals surface area (Å²) in [6.07, 6.45) is 3.74. The summed E-state index contributed by atoms with van der Waals surface area (Å²) in [5, 5.41) is 14.5. The van der Waals surface area contributed by atoms with Crippen LogP contribution in [0.5, 0.6) is 0 Å². The molecular weight excluding hydrogens is 300 g/mol. The summed E-state index contributed by atoms with van der Waals surface area (Å²) >= 11 is 0. The number of hydrogen-bond acceptors (Lipinski definition) is 2. The SMILES string of the molecule is CCn1c(C(=O)O)c(CN[C@@H]2CCC[C@H](C)[C@H]2C)c2ccccc21. The molecule has 3 rings (SSSR count). The lowest BCUT2D eigenvalue weighted by Gasteiger charge is -2.34. The van der Waals surface area contributed by atoms with Crippen LogP contribution in [0.25, 0.3) is 10.9 Å². The second kappa shape index (κ2) is 6.98. The minimum atomic E-state index is -0.838. The number of nitrogens with zero attached hydrogens (tertiary/aromatic N) is 1. The normalized spacial score (nSPS) is 24.4. The molecule has 1 aromatic carbocycles. The average molecular weight is 328 g/mol. The number of carboxylic acids is 1. The van der Waals surface area contributed by atoms with E-state index in [-0.39, 0.29) is 0 Å². The Morgan fingerprint density at radius 1 is 1.29 bits per heavy atom. The fraction of sp³-hybridized carbons (Fsp3) is 0.550. The lowest BCUT2D eigenvalue weighted by atomic mass is 9.78. The summed E-state index contributed by atoms with van der Waals surface area (Å²) < 4.78 is 1.92. The van der Waals surface area contributed by atoms with Crippen molar-refractivity contribution in [3.05, 3.63) is 35.5 Å². The topological polar surface area (TPSA) is 54.3 Å². The van der Waals surface area contributed by atoms with Gasteiger partial charge in [0.1, 0.15) is 5.69 Å². The highest BCUT2D eigenvalue weighted by atomic mass is 16.4. The third kappa shape index (κ3) is 2.95. The molecule has 1 fully saturated rings. The third-order valence-electron chi connectivity index (χ3n) is 5.84. The number of nitrogens with one attached hydrogen (secondary N) is 1. The van der Waals surface area contributed by atoms with Gasteiger partial charge in [0.2, 0.25) is 0 Å². The van der Waals surface area contributed by atoms with Crippen molar-refractivity contribution in [2.45, 2.75) is 59.2 Å². The highest BCUT2D eigenvalue weighted by molar-refractivity contribution is 5.98. The van der Waals surface area contributed by atoms with E-state index in [1.807, 2.05) is 35.8 Å². The van der Waals surface area contributed by atoms with Gasteiger partial charge in [-0.2, -0.15) is 0 Å². The lowest BCUT2D eigenvalue weighted by Crippen LogP contribution is -2.40. The first-order valence-corrected chi connectivity index (χ1v) is 9.11. The molecule has 2 N–H and O–H groups in total. The zero-order chi connectivity index (χ0) is 17.3. The van der Waals surface area contributed by atoms with Crippen LogP contribution in [0.4, 0.5) is 0 Å². The highest BCUT2D eigenvalue weighted by Crippen LogP contribution is 2.31. The Balaban J connectivity index is 1.94. The van der Waals surface area contributed by atoms with E-state index in [1.54, 1.807) is 0 Å².